The number of nitrogens with one attached hydrogen (secondary N) is 1. The van der Waals surface area contributed by atoms with E-state index in [-0.39, 0.29) is 18.9 Å². The van der Waals surface area contributed by atoms with Crippen LogP contribution in [0.5, 0.6) is 0 Å². The van der Waals surface area contributed by atoms with Crippen molar-refractivity contribution in [2.75, 3.05) is 13.2 Å². The quantitative estimate of drug-likeness (QED) is 0.773. The molecule has 2 heterocycles. The molecule has 0 atom stereocenters. The highest BCUT2D eigenvalue weighted by molar-refractivity contribution is 5.82. The highest BCUT2D eigenvalue weighted by Gasteiger charge is 2.13. The molecule has 0 radical (unpaired) electrons. The molecule has 0 spiro atoms. The number of aryl methyl sites for hydroxylation is 2. The van der Waals surface area contributed by atoms with Gasteiger partial charge in [-0.15, -0.1) is 10.2 Å². The Labute approximate surface area is 127 Å². The Kier molecular flexibility index (Phi) is 5.03. The van der Waals surface area contributed by atoms with E-state index in [1.165, 1.54) is 0 Å². The average Bonchev–Trinajstić information content (AvgIpc) is 2.93. The monoisotopic (exact) mass is 305 g/mol. The number of esters is 1. The van der Waals surface area contributed by atoms with Gasteiger partial charge in [-0.25, -0.2) is 4.52 Å². The van der Waals surface area contributed by atoms with Crippen LogP contribution in [0.15, 0.2) is 6.33 Å². The highest BCUT2D eigenvalue weighted by Crippen LogP contribution is 2.17. The normalized spacial score (nSPS) is 10.7. The molecule has 2 aromatic rings. The molecule has 0 unspecified atom stereocenters. The minimum atomic E-state index is -0.435. The number of carbonyl (C=O) groups excluding carboxylic acids is 2. The van der Waals surface area contributed by atoms with Crippen molar-refractivity contribution >= 4 is 17.5 Å². The molecule has 0 saturated carbocycles. The van der Waals surface area contributed by atoms with Crippen LogP contribution in [0.25, 0.3) is 5.65 Å². The first-order valence-electron chi connectivity index (χ1n) is 7.11. The molecule has 8 nitrogen and oxygen atoms in total. The zero-order valence-electron chi connectivity index (χ0n) is 12.9. The SMILES string of the molecule is CCOC(=O)CNC(=O)CCc1c(C)nn2cnnc2c1C. The zero-order chi connectivity index (χ0) is 16.1. The van der Waals surface area contributed by atoms with Gasteiger partial charge in [0.05, 0.1) is 12.3 Å². The van der Waals surface area contributed by atoms with Gasteiger partial charge in [0.25, 0.3) is 0 Å². The van der Waals surface area contributed by atoms with E-state index in [4.69, 9.17) is 4.74 Å². The van der Waals surface area contributed by atoms with E-state index in [0.29, 0.717) is 18.7 Å². The molecule has 1 amide bonds. The Morgan fingerprint density at radius 1 is 1.36 bits per heavy atom. The first-order valence-corrected chi connectivity index (χ1v) is 7.11. The van der Waals surface area contributed by atoms with Crippen LogP contribution in [0.3, 0.4) is 0 Å². The molecule has 8 heteroatoms. The second kappa shape index (κ2) is 6.97. The molecule has 0 aromatic carbocycles. The van der Waals surface area contributed by atoms with Gasteiger partial charge in [0, 0.05) is 12.0 Å². The Hall–Kier alpha value is -2.51. The van der Waals surface area contributed by atoms with Gasteiger partial charge in [-0.3, -0.25) is 9.59 Å². The summed E-state index contributed by atoms with van der Waals surface area (Å²) in [6.45, 7) is 5.74. The van der Waals surface area contributed by atoms with Crippen molar-refractivity contribution < 1.29 is 14.3 Å². The fraction of sp³-hybridized carbons (Fsp3) is 0.500. The van der Waals surface area contributed by atoms with Gasteiger partial charge in [-0.1, -0.05) is 0 Å². The smallest absolute Gasteiger partial charge is 0.325 e. The Balaban J connectivity index is 1.96. The van der Waals surface area contributed by atoms with Crippen LogP contribution in [-0.4, -0.2) is 44.8 Å². The second-order valence-electron chi connectivity index (χ2n) is 4.87. The van der Waals surface area contributed by atoms with Gasteiger partial charge in [0.15, 0.2) is 5.65 Å². The van der Waals surface area contributed by atoms with E-state index in [2.05, 4.69) is 20.6 Å². The van der Waals surface area contributed by atoms with E-state index < -0.39 is 5.97 Å². The molecule has 0 fully saturated rings. The number of ether oxygens (including phenoxy) is 1. The summed E-state index contributed by atoms with van der Waals surface area (Å²) in [5, 5.41) is 14.7. The molecule has 22 heavy (non-hydrogen) atoms. The number of amides is 1. The van der Waals surface area contributed by atoms with Gasteiger partial charge >= 0.3 is 5.97 Å². The summed E-state index contributed by atoms with van der Waals surface area (Å²) in [7, 11) is 0. The van der Waals surface area contributed by atoms with Crippen LogP contribution in [0.2, 0.25) is 0 Å². The van der Waals surface area contributed by atoms with Crippen LogP contribution in [-0.2, 0) is 20.7 Å². The Morgan fingerprint density at radius 2 is 2.14 bits per heavy atom. The minimum absolute atomic E-state index is 0.105. The van der Waals surface area contributed by atoms with Crippen molar-refractivity contribution in [3.8, 4) is 0 Å². The number of hydrogen-bond acceptors (Lipinski definition) is 6. The number of hydrogen-bond donors (Lipinski definition) is 1. The number of aromatic nitrogens is 4. The lowest BCUT2D eigenvalue weighted by atomic mass is 10.0. The maximum absolute atomic E-state index is 11.8. The molecule has 0 aliphatic heterocycles. The molecule has 0 aliphatic carbocycles. The van der Waals surface area contributed by atoms with Gasteiger partial charge in [0.2, 0.25) is 5.91 Å². The minimum Gasteiger partial charge on any atom is -0.465 e. The van der Waals surface area contributed by atoms with Crippen molar-refractivity contribution in [1.29, 1.82) is 0 Å². The lowest BCUT2D eigenvalue weighted by Crippen LogP contribution is -2.30. The van der Waals surface area contributed by atoms with Crippen molar-refractivity contribution in [3.63, 3.8) is 0 Å². The predicted octanol–water partition coefficient (Wildman–Crippen LogP) is 0.353. The zero-order valence-corrected chi connectivity index (χ0v) is 12.9. The largest absolute Gasteiger partial charge is 0.465 e. The number of nitrogens with zero attached hydrogens (tertiary/aromatic N) is 4. The van der Waals surface area contributed by atoms with Gasteiger partial charge in [-0.2, -0.15) is 5.10 Å². The van der Waals surface area contributed by atoms with Crippen LogP contribution < -0.4 is 5.32 Å². The third-order valence-electron chi connectivity index (χ3n) is 3.35. The first kappa shape index (κ1) is 15.9. The maximum atomic E-state index is 11.8. The van der Waals surface area contributed by atoms with Crippen molar-refractivity contribution in [2.45, 2.75) is 33.6 Å². The van der Waals surface area contributed by atoms with E-state index >= 15 is 0 Å². The van der Waals surface area contributed by atoms with Crippen molar-refractivity contribution in [2.24, 2.45) is 0 Å². The van der Waals surface area contributed by atoms with Gasteiger partial charge in [-0.05, 0) is 32.8 Å². The van der Waals surface area contributed by atoms with E-state index in [9.17, 15) is 9.59 Å². The number of carbonyl (C=O) groups is 2. The number of fused-ring (bicyclic) bond motifs is 1. The summed E-state index contributed by atoms with van der Waals surface area (Å²) in [6.07, 6.45) is 2.35. The predicted molar refractivity (Wildman–Crippen MR) is 78.2 cm³/mol. The molecule has 0 aliphatic rings. The maximum Gasteiger partial charge on any atom is 0.325 e. The van der Waals surface area contributed by atoms with Gasteiger partial charge < -0.3 is 10.1 Å². The van der Waals surface area contributed by atoms with Crippen LogP contribution in [0.1, 0.15) is 30.2 Å². The first-order chi connectivity index (χ1) is 10.5. The van der Waals surface area contributed by atoms with Crippen LogP contribution in [0, 0.1) is 13.8 Å². The van der Waals surface area contributed by atoms with E-state index in [0.717, 1.165) is 16.8 Å². The molecule has 2 aromatic heterocycles. The van der Waals surface area contributed by atoms with Crippen LogP contribution in [0.4, 0.5) is 0 Å². The Morgan fingerprint density at radius 3 is 2.86 bits per heavy atom. The molecule has 2 rings (SSSR count). The summed E-state index contributed by atoms with van der Waals surface area (Å²) in [5.41, 5.74) is 3.46. The van der Waals surface area contributed by atoms with E-state index in [1.54, 1.807) is 17.8 Å². The van der Waals surface area contributed by atoms with Crippen molar-refractivity contribution in [1.82, 2.24) is 25.1 Å². The summed E-state index contributed by atoms with van der Waals surface area (Å²) in [5.74, 6) is -0.636. The summed E-state index contributed by atoms with van der Waals surface area (Å²) in [4.78, 5) is 23.0. The summed E-state index contributed by atoms with van der Waals surface area (Å²) in [6, 6.07) is 0. The molecule has 0 bridgehead atoms. The fourth-order valence-corrected chi connectivity index (χ4v) is 2.26. The summed E-state index contributed by atoms with van der Waals surface area (Å²) < 4.78 is 6.37. The second-order valence-corrected chi connectivity index (χ2v) is 4.87. The van der Waals surface area contributed by atoms with Gasteiger partial charge in [0.1, 0.15) is 12.9 Å². The molecule has 1 N–H and O–H groups in total. The lowest BCUT2D eigenvalue weighted by Gasteiger charge is -2.10. The molecule has 118 valence electrons. The average molecular weight is 305 g/mol. The topological polar surface area (TPSA) is 98.5 Å². The summed E-state index contributed by atoms with van der Waals surface area (Å²) >= 11 is 0. The lowest BCUT2D eigenvalue weighted by molar-refractivity contribution is -0.143. The Bertz CT molecular complexity index is 695. The molecular weight excluding hydrogens is 286 g/mol. The van der Waals surface area contributed by atoms with Crippen molar-refractivity contribution in [3.05, 3.63) is 23.1 Å². The standard InChI is InChI=1S/C14H19N5O3/c1-4-22-13(21)7-15-12(20)6-5-11-9(2)14-17-16-8-19(14)18-10(11)3/h8H,4-7H2,1-3H3,(H,15,20). The van der Waals surface area contributed by atoms with Crippen LogP contribution >= 0.6 is 0 Å². The van der Waals surface area contributed by atoms with E-state index in [1.807, 2.05) is 13.8 Å². The fourth-order valence-electron chi connectivity index (χ4n) is 2.26. The number of rotatable bonds is 6. The third-order valence-corrected chi connectivity index (χ3v) is 3.35. The highest BCUT2D eigenvalue weighted by atomic mass is 16.5. The molecular formula is C14H19N5O3. The third kappa shape index (κ3) is 3.57. The molecule has 0 saturated heterocycles.